The average molecular weight is 414 g/mol. The second-order valence-electron chi connectivity index (χ2n) is 8.11. The van der Waals surface area contributed by atoms with Crippen molar-refractivity contribution in [3.05, 3.63) is 94.5 Å². The summed E-state index contributed by atoms with van der Waals surface area (Å²) in [5, 5.41) is 5.83. The van der Waals surface area contributed by atoms with Crippen molar-refractivity contribution in [3.8, 4) is 0 Å². The Hall–Kier alpha value is -3.60. The summed E-state index contributed by atoms with van der Waals surface area (Å²) in [6.07, 6.45) is 0.828. The molecule has 3 amide bonds. The third-order valence-corrected chi connectivity index (χ3v) is 5.91. The highest BCUT2D eigenvalue weighted by atomic mass is 16.2. The normalized spacial score (nSPS) is 14.8. The van der Waals surface area contributed by atoms with Gasteiger partial charge < -0.3 is 15.5 Å². The maximum absolute atomic E-state index is 13.1. The molecule has 5 heteroatoms. The van der Waals surface area contributed by atoms with E-state index in [1.54, 1.807) is 0 Å². The van der Waals surface area contributed by atoms with Crippen LogP contribution in [0.5, 0.6) is 0 Å². The number of amides is 3. The van der Waals surface area contributed by atoms with Gasteiger partial charge in [-0.25, -0.2) is 4.79 Å². The predicted molar refractivity (Wildman–Crippen MR) is 125 cm³/mol. The number of benzene rings is 3. The van der Waals surface area contributed by atoms with Gasteiger partial charge in [0.25, 0.3) is 5.91 Å². The standard InChI is InChI=1S/C26H27N3O2/c1-17-8-7-11-23(19(17)3)28-26(31)27-16-20-12-13-22-14-18(2)29(24(22)15-20)25(30)21-9-5-4-6-10-21/h4-13,15,18H,14,16H2,1-3H3,(H2,27,28,31)/t18-/m1/s1. The van der Waals surface area contributed by atoms with Crippen molar-refractivity contribution >= 4 is 23.3 Å². The molecule has 2 N–H and O–H groups in total. The van der Waals surface area contributed by atoms with Crippen LogP contribution in [0.2, 0.25) is 0 Å². The fourth-order valence-corrected chi connectivity index (χ4v) is 4.03. The third kappa shape index (κ3) is 4.31. The molecule has 1 aliphatic rings. The molecule has 0 fully saturated rings. The number of carbonyl (C=O) groups is 2. The highest BCUT2D eigenvalue weighted by Crippen LogP contribution is 2.34. The Kier molecular flexibility index (Phi) is 5.76. The number of rotatable bonds is 4. The van der Waals surface area contributed by atoms with E-state index in [2.05, 4.69) is 23.6 Å². The molecule has 3 aromatic carbocycles. The van der Waals surface area contributed by atoms with Gasteiger partial charge in [0.1, 0.15) is 0 Å². The third-order valence-electron chi connectivity index (χ3n) is 5.91. The summed E-state index contributed by atoms with van der Waals surface area (Å²) in [5.74, 6) is 0.00428. The molecule has 0 unspecified atom stereocenters. The van der Waals surface area contributed by atoms with Crippen LogP contribution in [-0.2, 0) is 13.0 Å². The van der Waals surface area contributed by atoms with E-state index >= 15 is 0 Å². The van der Waals surface area contributed by atoms with E-state index in [0.29, 0.717) is 12.1 Å². The van der Waals surface area contributed by atoms with E-state index in [1.807, 2.05) is 79.4 Å². The van der Waals surface area contributed by atoms with E-state index in [1.165, 1.54) is 0 Å². The summed E-state index contributed by atoms with van der Waals surface area (Å²) in [6, 6.07) is 21.1. The highest BCUT2D eigenvalue weighted by Gasteiger charge is 2.31. The van der Waals surface area contributed by atoms with E-state index in [-0.39, 0.29) is 18.0 Å². The molecule has 1 heterocycles. The monoisotopic (exact) mass is 413 g/mol. The van der Waals surface area contributed by atoms with Crippen molar-refractivity contribution < 1.29 is 9.59 Å². The van der Waals surface area contributed by atoms with E-state index in [9.17, 15) is 9.59 Å². The first kappa shape index (κ1) is 20.7. The number of carbonyl (C=O) groups excluding carboxylic acids is 2. The molecule has 0 aliphatic carbocycles. The summed E-state index contributed by atoms with van der Waals surface area (Å²) < 4.78 is 0. The van der Waals surface area contributed by atoms with Gasteiger partial charge in [-0.3, -0.25) is 4.79 Å². The lowest BCUT2D eigenvalue weighted by atomic mass is 10.1. The molecule has 0 radical (unpaired) electrons. The topological polar surface area (TPSA) is 61.4 Å². The van der Waals surface area contributed by atoms with Gasteiger partial charge in [0.15, 0.2) is 0 Å². The molecule has 1 atom stereocenters. The van der Waals surface area contributed by atoms with Gasteiger partial charge in [-0.15, -0.1) is 0 Å². The van der Waals surface area contributed by atoms with Crippen LogP contribution in [0.1, 0.15) is 39.5 Å². The van der Waals surface area contributed by atoms with Crippen LogP contribution >= 0.6 is 0 Å². The van der Waals surface area contributed by atoms with Crippen LogP contribution in [0.3, 0.4) is 0 Å². The molecule has 3 aromatic rings. The first-order chi connectivity index (χ1) is 14.9. The quantitative estimate of drug-likeness (QED) is 0.616. The minimum atomic E-state index is -0.250. The van der Waals surface area contributed by atoms with Gasteiger partial charge in [0.05, 0.1) is 0 Å². The maximum atomic E-state index is 13.1. The number of anilines is 2. The fraction of sp³-hybridized carbons (Fsp3) is 0.231. The van der Waals surface area contributed by atoms with Crippen molar-refractivity contribution in [3.63, 3.8) is 0 Å². The van der Waals surface area contributed by atoms with Gasteiger partial charge >= 0.3 is 6.03 Å². The van der Waals surface area contributed by atoms with Gasteiger partial charge in [0.2, 0.25) is 0 Å². The Balaban J connectivity index is 1.47. The number of aryl methyl sites for hydroxylation is 1. The van der Waals surface area contributed by atoms with Crippen molar-refractivity contribution in [1.82, 2.24) is 5.32 Å². The SMILES string of the molecule is Cc1cccc(NC(=O)NCc2ccc3c(c2)N(C(=O)c2ccccc2)[C@H](C)C3)c1C. The maximum Gasteiger partial charge on any atom is 0.319 e. The summed E-state index contributed by atoms with van der Waals surface area (Å²) in [7, 11) is 0. The Morgan fingerprint density at radius 2 is 1.77 bits per heavy atom. The van der Waals surface area contributed by atoms with E-state index in [0.717, 1.165) is 40.0 Å². The lowest BCUT2D eigenvalue weighted by molar-refractivity contribution is 0.0981. The van der Waals surface area contributed by atoms with E-state index in [4.69, 9.17) is 0 Å². The van der Waals surface area contributed by atoms with Crippen LogP contribution in [0.25, 0.3) is 0 Å². The molecule has 0 spiro atoms. The number of hydrogen-bond donors (Lipinski definition) is 2. The average Bonchev–Trinajstić information content (AvgIpc) is 3.10. The van der Waals surface area contributed by atoms with Gasteiger partial charge in [-0.2, -0.15) is 0 Å². The summed E-state index contributed by atoms with van der Waals surface area (Å²) >= 11 is 0. The minimum Gasteiger partial charge on any atom is -0.334 e. The molecular formula is C26H27N3O2. The van der Waals surface area contributed by atoms with Crippen molar-refractivity contribution in [2.75, 3.05) is 10.2 Å². The zero-order valence-electron chi connectivity index (χ0n) is 18.1. The molecule has 0 saturated heterocycles. The van der Waals surface area contributed by atoms with Gasteiger partial charge in [0, 0.05) is 29.5 Å². The minimum absolute atomic E-state index is 0.00428. The first-order valence-electron chi connectivity index (χ1n) is 10.6. The van der Waals surface area contributed by atoms with Crippen LogP contribution in [0.4, 0.5) is 16.2 Å². The van der Waals surface area contributed by atoms with E-state index < -0.39 is 0 Å². The molecule has 1 aliphatic heterocycles. The predicted octanol–water partition coefficient (Wildman–Crippen LogP) is 5.22. The molecule has 0 aromatic heterocycles. The van der Waals surface area contributed by atoms with Gasteiger partial charge in [-0.05, 0) is 73.7 Å². The molecule has 4 rings (SSSR count). The summed E-state index contributed by atoms with van der Waals surface area (Å²) in [5.41, 5.74) is 6.71. The highest BCUT2D eigenvalue weighted by molar-refractivity contribution is 6.07. The molecule has 31 heavy (non-hydrogen) atoms. The second-order valence-corrected chi connectivity index (χ2v) is 8.11. The van der Waals surface area contributed by atoms with Gasteiger partial charge in [-0.1, -0.05) is 42.5 Å². The summed E-state index contributed by atoms with van der Waals surface area (Å²) in [6.45, 7) is 6.46. The smallest absolute Gasteiger partial charge is 0.319 e. The van der Waals surface area contributed by atoms with Crippen molar-refractivity contribution in [1.29, 1.82) is 0 Å². The molecule has 5 nitrogen and oxygen atoms in total. The van der Waals surface area contributed by atoms with Crippen LogP contribution in [0.15, 0.2) is 66.7 Å². The van der Waals surface area contributed by atoms with Crippen LogP contribution in [-0.4, -0.2) is 18.0 Å². The fourth-order valence-electron chi connectivity index (χ4n) is 4.03. The second kappa shape index (κ2) is 8.64. The van der Waals surface area contributed by atoms with Crippen LogP contribution in [0, 0.1) is 13.8 Å². The molecule has 0 saturated carbocycles. The first-order valence-corrected chi connectivity index (χ1v) is 10.6. The largest absolute Gasteiger partial charge is 0.334 e. The Morgan fingerprint density at radius 3 is 2.55 bits per heavy atom. The van der Waals surface area contributed by atoms with Crippen molar-refractivity contribution in [2.24, 2.45) is 0 Å². The molecular weight excluding hydrogens is 386 g/mol. The van der Waals surface area contributed by atoms with Crippen LogP contribution < -0.4 is 15.5 Å². The lowest BCUT2D eigenvalue weighted by Crippen LogP contribution is -2.35. The molecule has 0 bridgehead atoms. The number of hydrogen-bond acceptors (Lipinski definition) is 2. The Labute approximate surface area is 183 Å². The van der Waals surface area contributed by atoms with Crippen molar-refractivity contribution in [2.45, 2.75) is 39.8 Å². The lowest BCUT2D eigenvalue weighted by Gasteiger charge is -2.23. The zero-order chi connectivity index (χ0) is 22.0. The Bertz CT molecular complexity index is 1120. The molecule has 158 valence electrons. The Morgan fingerprint density at radius 1 is 1.00 bits per heavy atom. The number of nitrogens with one attached hydrogen (secondary N) is 2. The number of fused-ring (bicyclic) bond motifs is 1. The number of urea groups is 1. The zero-order valence-corrected chi connectivity index (χ0v) is 18.1. The summed E-state index contributed by atoms with van der Waals surface area (Å²) in [4.78, 5) is 27.4. The number of nitrogens with zero attached hydrogens (tertiary/aromatic N) is 1.